The molecule has 4 aromatic rings. The predicted molar refractivity (Wildman–Crippen MR) is 139 cm³/mol. The number of nitrogens with one attached hydrogen (secondary N) is 1. The molecule has 0 fully saturated rings. The lowest BCUT2D eigenvalue weighted by Gasteiger charge is -2.13. The van der Waals surface area contributed by atoms with Gasteiger partial charge in [0.15, 0.2) is 6.61 Å². The van der Waals surface area contributed by atoms with E-state index in [4.69, 9.17) is 14.5 Å². The summed E-state index contributed by atoms with van der Waals surface area (Å²) in [6.45, 7) is 6.22. The Morgan fingerprint density at radius 3 is 2.43 bits per heavy atom. The van der Waals surface area contributed by atoms with Crippen molar-refractivity contribution in [1.82, 2.24) is 14.9 Å². The molecule has 0 aliphatic rings. The second-order valence-electron chi connectivity index (χ2n) is 8.65. The van der Waals surface area contributed by atoms with Crippen molar-refractivity contribution in [2.24, 2.45) is 0 Å². The fourth-order valence-electron chi connectivity index (χ4n) is 4.17. The van der Waals surface area contributed by atoms with Gasteiger partial charge in [0.05, 0.1) is 17.6 Å². The summed E-state index contributed by atoms with van der Waals surface area (Å²) in [4.78, 5) is 17.0. The molecule has 1 N–H and O–H groups in total. The average Bonchev–Trinajstić information content (AvgIpc) is 3.22. The third-order valence-corrected chi connectivity index (χ3v) is 5.95. The van der Waals surface area contributed by atoms with E-state index in [1.807, 2.05) is 48.5 Å². The van der Waals surface area contributed by atoms with Crippen molar-refractivity contribution >= 4 is 16.9 Å². The van der Waals surface area contributed by atoms with Gasteiger partial charge in [-0.1, -0.05) is 48.5 Å². The number of hydrogen-bond donors (Lipinski definition) is 1. The highest BCUT2D eigenvalue weighted by Crippen LogP contribution is 2.23. The topological polar surface area (TPSA) is 65.4 Å². The number of imidazole rings is 1. The van der Waals surface area contributed by atoms with E-state index in [-0.39, 0.29) is 12.5 Å². The Morgan fingerprint density at radius 2 is 1.63 bits per heavy atom. The largest absolute Gasteiger partial charge is 0.493 e. The van der Waals surface area contributed by atoms with Crippen molar-refractivity contribution in [3.8, 4) is 11.5 Å². The molecule has 0 bridgehead atoms. The quantitative estimate of drug-likeness (QED) is 0.287. The number of carbonyl (C=O) groups excluding carboxylic acids is 1. The van der Waals surface area contributed by atoms with E-state index in [2.05, 4.69) is 48.0 Å². The number of unbranched alkanes of at least 4 members (excludes halogenated alkanes) is 1. The van der Waals surface area contributed by atoms with E-state index in [1.54, 1.807) is 0 Å². The normalized spacial score (nSPS) is 10.9. The Labute approximate surface area is 206 Å². The maximum atomic E-state index is 12.2. The molecule has 0 aliphatic heterocycles. The molecule has 35 heavy (non-hydrogen) atoms. The van der Waals surface area contributed by atoms with Crippen LogP contribution in [0.5, 0.6) is 11.5 Å². The van der Waals surface area contributed by atoms with E-state index in [9.17, 15) is 4.79 Å². The molecule has 0 saturated heterocycles. The van der Waals surface area contributed by atoms with E-state index < -0.39 is 0 Å². The fourth-order valence-corrected chi connectivity index (χ4v) is 4.17. The molecule has 0 unspecified atom stereocenters. The van der Waals surface area contributed by atoms with Crippen molar-refractivity contribution in [3.05, 3.63) is 89.7 Å². The maximum Gasteiger partial charge on any atom is 0.257 e. The van der Waals surface area contributed by atoms with Crippen molar-refractivity contribution in [2.45, 2.75) is 39.7 Å². The zero-order valence-corrected chi connectivity index (χ0v) is 20.5. The standard InChI is InChI=1S/C29H33N3O3/c1-22-11-10-12-23(2)29(22)34-20-9-8-19-32-26-16-7-6-15-25(26)31-27(32)17-18-30-28(33)21-35-24-13-4-3-5-14-24/h3-7,10-16H,8-9,17-21H2,1-2H3,(H,30,33). The van der Waals surface area contributed by atoms with Crippen molar-refractivity contribution < 1.29 is 14.3 Å². The van der Waals surface area contributed by atoms with Gasteiger partial charge in [-0.15, -0.1) is 0 Å². The number of amides is 1. The van der Waals surface area contributed by atoms with Crippen LogP contribution in [0.4, 0.5) is 0 Å². The lowest BCUT2D eigenvalue weighted by Crippen LogP contribution is -2.31. The molecular formula is C29H33N3O3. The van der Waals surface area contributed by atoms with Gasteiger partial charge in [0, 0.05) is 19.5 Å². The zero-order chi connectivity index (χ0) is 24.5. The predicted octanol–water partition coefficient (Wildman–Crippen LogP) is 5.25. The lowest BCUT2D eigenvalue weighted by molar-refractivity contribution is -0.123. The summed E-state index contributed by atoms with van der Waals surface area (Å²) in [5.41, 5.74) is 4.44. The number of rotatable bonds is 12. The molecule has 0 aliphatic carbocycles. The molecule has 1 heterocycles. The van der Waals surface area contributed by atoms with Gasteiger partial charge in [0.1, 0.15) is 17.3 Å². The summed E-state index contributed by atoms with van der Waals surface area (Å²) in [5, 5.41) is 2.94. The number of nitrogens with zero attached hydrogens (tertiary/aromatic N) is 2. The lowest BCUT2D eigenvalue weighted by atomic mass is 10.1. The van der Waals surface area contributed by atoms with Gasteiger partial charge >= 0.3 is 0 Å². The number of aryl methyl sites for hydroxylation is 3. The third kappa shape index (κ3) is 6.63. The highest BCUT2D eigenvalue weighted by Gasteiger charge is 2.11. The summed E-state index contributed by atoms with van der Waals surface area (Å²) < 4.78 is 13.9. The molecule has 0 radical (unpaired) electrons. The fraction of sp³-hybridized carbons (Fsp3) is 0.310. The number of aromatic nitrogens is 2. The van der Waals surface area contributed by atoms with Crippen molar-refractivity contribution in [3.63, 3.8) is 0 Å². The van der Waals surface area contributed by atoms with Crippen molar-refractivity contribution in [1.29, 1.82) is 0 Å². The Bertz CT molecular complexity index is 1230. The maximum absolute atomic E-state index is 12.2. The first-order valence-corrected chi connectivity index (χ1v) is 12.2. The Balaban J connectivity index is 1.28. The molecule has 3 aromatic carbocycles. The van der Waals surface area contributed by atoms with Crippen LogP contribution in [0.1, 0.15) is 29.8 Å². The molecule has 0 saturated carbocycles. The number of carbonyl (C=O) groups is 1. The van der Waals surface area contributed by atoms with E-state index >= 15 is 0 Å². The first-order chi connectivity index (χ1) is 17.1. The van der Waals surface area contributed by atoms with E-state index in [0.29, 0.717) is 25.3 Å². The van der Waals surface area contributed by atoms with Crippen LogP contribution in [0.2, 0.25) is 0 Å². The molecule has 6 nitrogen and oxygen atoms in total. The molecule has 1 amide bonds. The minimum atomic E-state index is -0.139. The minimum Gasteiger partial charge on any atom is -0.493 e. The Hall–Kier alpha value is -3.80. The van der Waals surface area contributed by atoms with Crippen LogP contribution in [0.25, 0.3) is 11.0 Å². The number of para-hydroxylation sites is 4. The summed E-state index contributed by atoms with van der Waals surface area (Å²) in [7, 11) is 0. The second-order valence-corrected chi connectivity index (χ2v) is 8.65. The van der Waals surface area contributed by atoms with Gasteiger partial charge < -0.3 is 19.4 Å². The monoisotopic (exact) mass is 471 g/mol. The van der Waals surface area contributed by atoms with Crippen LogP contribution in [0, 0.1) is 13.8 Å². The molecule has 4 rings (SSSR count). The Morgan fingerprint density at radius 1 is 0.886 bits per heavy atom. The van der Waals surface area contributed by atoms with Crippen LogP contribution in [-0.2, 0) is 17.8 Å². The molecule has 0 atom stereocenters. The second kappa shape index (κ2) is 12.1. The van der Waals surface area contributed by atoms with Crippen molar-refractivity contribution in [2.75, 3.05) is 19.8 Å². The summed E-state index contributed by atoms with van der Waals surface area (Å²) >= 11 is 0. The van der Waals surface area contributed by atoms with Gasteiger partial charge in [-0.05, 0) is 62.1 Å². The molecular weight excluding hydrogens is 438 g/mol. The summed E-state index contributed by atoms with van der Waals surface area (Å²) in [6.07, 6.45) is 2.59. The minimum absolute atomic E-state index is 0.000786. The number of hydrogen-bond acceptors (Lipinski definition) is 4. The van der Waals surface area contributed by atoms with Gasteiger partial charge in [-0.3, -0.25) is 4.79 Å². The van der Waals surface area contributed by atoms with Crippen LogP contribution in [-0.4, -0.2) is 35.2 Å². The summed E-state index contributed by atoms with van der Waals surface area (Å²) in [6, 6.07) is 23.8. The van der Waals surface area contributed by atoms with Crippen LogP contribution >= 0.6 is 0 Å². The summed E-state index contributed by atoms with van der Waals surface area (Å²) in [5.74, 6) is 2.52. The van der Waals surface area contributed by atoms with Gasteiger partial charge in [0.25, 0.3) is 5.91 Å². The first kappa shape index (κ1) is 24.3. The van der Waals surface area contributed by atoms with E-state index in [0.717, 1.165) is 42.0 Å². The molecule has 1 aromatic heterocycles. The highest BCUT2D eigenvalue weighted by atomic mass is 16.5. The van der Waals surface area contributed by atoms with E-state index in [1.165, 1.54) is 11.1 Å². The van der Waals surface area contributed by atoms with Gasteiger partial charge in [-0.25, -0.2) is 4.98 Å². The smallest absolute Gasteiger partial charge is 0.257 e. The van der Waals surface area contributed by atoms with Crippen LogP contribution < -0.4 is 14.8 Å². The average molecular weight is 472 g/mol. The molecule has 0 spiro atoms. The zero-order valence-electron chi connectivity index (χ0n) is 20.5. The number of fused-ring (bicyclic) bond motifs is 1. The highest BCUT2D eigenvalue weighted by molar-refractivity contribution is 5.77. The van der Waals surface area contributed by atoms with Gasteiger partial charge in [0.2, 0.25) is 0 Å². The number of ether oxygens (including phenoxy) is 2. The Kier molecular flexibility index (Phi) is 8.39. The SMILES string of the molecule is Cc1cccc(C)c1OCCCCn1c(CCNC(=O)COc2ccccc2)nc2ccccc21. The first-order valence-electron chi connectivity index (χ1n) is 12.2. The molecule has 6 heteroatoms. The van der Waals surface area contributed by atoms with Crippen LogP contribution in [0.15, 0.2) is 72.8 Å². The molecule has 182 valence electrons. The van der Waals surface area contributed by atoms with Crippen LogP contribution in [0.3, 0.4) is 0 Å². The third-order valence-electron chi connectivity index (χ3n) is 5.95. The van der Waals surface area contributed by atoms with Gasteiger partial charge in [-0.2, -0.15) is 0 Å². The number of benzene rings is 3.